The van der Waals surface area contributed by atoms with Crippen LogP contribution >= 0.6 is 0 Å². The third-order valence-corrected chi connectivity index (χ3v) is 7.03. The van der Waals surface area contributed by atoms with Gasteiger partial charge in [0.2, 0.25) is 0 Å². The van der Waals surface area contributed by atoms with Crippen molar-refractivity contribution in [2.45, 2.75) is 71.6 Å². The number of rotatable bonds is 3. The standard InChI is InChI=1S/C24H35N/c1-17(2)22-15-23(24(25-16-22)19-9-4-3-5-10-19)21-13-12-18-8-6-7-11-20(18)14-21/h3-4,12,14,17,19,21-22,25H,5-11,13,15-16H2,1-2H3. The Balaban J connectivity index is 1.63. The summed E-state index contributed by atoms with van der Waals surface area (Å²) in [7, 11) is 0. The summed E-state index contributed by atoms with van der Waals surface area (Å²) >= 11 is 0. The first kappa shape index (κ1) is 17.2. The monoisotopic (exact) mass is 337 g/mol. The molecule has 1 saturated carbocycles. The Morgan fingerprint density at radius 3 is 2.64 bits per heavy atom. The minimum absolute atomic E-state index is 0.659. The molecule has 0 aromatic heterocycles. The van der Waals surface area contributed by atoms with Crippen molar-refractivity contribution in [1.82, 2.24) is 5.32 Å². The van der Waals surface area contributed by atoms with Crippen molar-refractivity contribution in [2.75, 3.05) is 6.54 Å². The number of fused-ring (bicyclic) bond motifs is 1. The lowest BCUT2D eigenvalue weighted by Crippen LogP contribution is -2.37. The summed E-state index contributed by atoms with van der Waals surface area (Å²) < 4.78 is 0. The van der Waals surface area contributed by atoms with Crippen LogP contribution in [0.3, 0.4) is 0 Å². The normalized spacial score (nSPS) is 32.8. The molecule has 0 aromatic carbocycles. The lowest BCUT2D eigenvalue weighted by Gasteiger charge is -2.38. The molecule has 0 spiro atoms. The van der Waals surface area contributed by atoms with Gasteiger partial charge in [-0.05, 0) is 86.3 Å². The average molecular weight is 338 g/mol. The highest BCUT2D eigenvalue weighted by Crippen LogP contribution is 2.42. The van der Waals surface area contributed by atoms with E-state index in [4.69, 9.17) is 0 Å². The average Bonchev–Trinajstić information content (AvgIpc) is 2.68. The summed E-state index contributed by atoms with van der Waals surface area (Å²) in [6, 6.07) is 0. The highest BCUT2D eigenvalue weighted by atomic mass is 14.9. The highest BCUT2D eigenvalue weighted by molar-refractivity contribution is 5.40. The Hall–Kier alpha value is -1.24. The molecule has 3 aliphatic carbocycles. The summed E-state index contributed by atoms with van der Waals surface area (Å²) in [6.45, 7) is 5.98. The molecular formula is C24H35N. The second-order valence-electron chi connectivity index (χ2n) is 8.98. The minimum atomic E-state index is 0.659. The molecule has 1 heteroatoms. The molecule has 136 valence electrons. The van der Waals surface area contributed by atoms with Crippen molar-refractivity contribution in [1.29, 1.82) is 0 Å². The zero-order valence-electron chi connectivity index (χ0n) is 16.2. The number of nitrogens with one attached hydrogen (secondary N) is 1. The zero-order chi connectivity index (χ0) is 17.2. The molecule has 1 heterocycles. The fraction of sp³-hybridized carbons (Fsp3) is 0.667. The van der Waals surface area contributed by atoms with E-state index in [-0.39, 0.29) is 0 Å². The SMILES string of the molecule is CC(C)C1CNC(C2CC=CCC2)=C(C2C=C3CCCCC3=CC2)C1. The van der Waals surface area contributed by atoms with E-state index in [0.717, 1.165) is 17.8 Å². The van der Waals surface area contributed by atoms with E-state index >= 15 is 0 Å². The Kier molecular flexibility index (Phi) is 5.20. The fourth-order valence-corrected chi connectivity index (χ4v) is 5.30. The van der Waals surface area contributed by atoms with Gasteiger partial charge in [-0.15, -0.1) is 0 Å². The van der Waals surface area contributed by atoms with Crippen molar-refractivity contribution in [3.05, 3.63) is 46.7 Å². The van der Waals surface area contributed by atoms with Gasteiger partial charge in [0.25, 0.3) is 0 Å². The molecule has 1 aliphatic heterocycles. The maximum Gasteiger partial charge on any atom is 0.0177 e. The van der Waals surface area contributed by atoms with E-state index < -0.39 is 0 Å². The molecule has 0 amide bonds. The van der Waals surface area contributed by atoms with Gasteiger partial charge in [-0.3, -0.25) is 0 Å². The summed E-state index contributed by atoms with van der Waals surface area (Å²) in [4.78, 5) is 0. The Labute approximate surface area is 154 Å². The van der Waals surface area contributed by atoms with Gasteiger partial charge in [-0.25, -0.2) is 0 Å². The molecule has 4 rings (SSSR count). The van der Waals surface area contributed by atoms with Crippen molar-refractivity contribution < 1.29 is 0 Å². The Morgan fingerprint density at radius 2 is 1.88 bits per heavy atom. The summed E-state index contributed by atoms with van der Waals surface area (Å²) in [5.41, 5.74) is 6.76. The molecular weight excluding hydrogens is 302 g/mol. The van der Waals surface area contributed by atoms with Gasteiger partial charge >= 0.3 is 0 Å². The van der Waals surface area contributed by atoms with Gasteiger partial charge in [-0.1, -0.05) is 38.2 Å². The lowest BCUT2D eigenvalue weighted by atomic mass is 9.73. The van der Waals surface area contributed by atoms with Crippen LogP contribution in [0.4, 0.5) is 0 Å². The maximum atomic E-state index is 3.94. The van der Waals surface area contributed by atoms with Gasteiger partial charge in [0, 0.05) is 24.1 Å². The van der Waals surface area contributed by atoms with Crippen LogP contribution in [0.5, 0.6) is 0 Å². The van der Waals surface area contributed by atoms with Gasteiger partial charge < -0.3 is 5.32 Å². The number of hydrogen-bond acceptors (Lipinski definition) is 1. The van der Waals surface area contributed by atoms with Gasteiger partial charge in [0.15, 0.2) is 0 Å². The van der Waals surface area contributed by atoms with Crippen LogP contribution in [-0.4, -0.2) is 6.54 Å². The van der Waals surface area contributed by atoms with Crippen LogP contribution in [0.25, 0.3) is 0 Å². The van der Waals surface area contributed by atoms with E-state index in [1.807, 2.05) is 0 Å². The molecule has 3 unspecified atom stereocenters. The van der Waals surface area contributed by atoms with Crippen LogP contribution in [-0.2, 0) is 0 Å². The highest BCUT2D eigenvalue weighted by Gasteiger charge is 2.31. The zero-order valence-corrected chi connectivity index (χ0v) is 16.2. The summed E-state index contributed by atoms with van der Waals surface area (Å²) in [6.07, 6.45) is 21.9. The molecule has 4 aliphatic rings. The first-order valence-electron chi connectivity index (χ1n) is 10.7. The largest absolute Gasteiger partial charge is 0.388 e. The molecule has 1 N–H and O–H groups in total. The van der Waals surface area contributed by atoms with Crippen molar-refractivity contribution >= 4 is 0 Å². The molecule has 0 saturated heterocycles. The smallest absolute Gasteiger partial charge is 0.0177 e. The molecule has 0 radical (unpaired) electrons. The molecule has 0 aromatic rings. The summed E-state index contributed by atoms with van der Waals surface area (Å²) in [5, 5.41) is 3.94. The second-order valence-corrected chi connectivity index (χ2v) is 8.98. The number of allylic oxidation sites excluding steroid dienone is 8. The van der Waals surface area contributed by atoms with Crippen molar-refractivity contribution in [3.63, 3.8) is 0 Å². The Bertz CT molecular complexity index is 616. The van der Waals surface area contributed by atoms with Crippen LogP contribution < -0.4 is 5.32 Å². The van der Waals surface area contributed by atoms with E-state index in [2.05, 4.69) is 43.5 Å². The van der Waals surface area contributed by atoms with E-state index in [1.54, 1.807) is 22.4 Å². The predicted octanol–water partition coefficient (Wildman–Crippen LogP) is 6.31. The maximum absolute atomic E-state index is 3.94. The van der Waals surface area contributed by atoms with E-state index in [1.165, 1.54) is 64.3 Å². The number of hydrogen-bond donors (Lipinski definition) is 1. The van der Waals surface area contributed by atoms with Gasteiger partial charge in [0.05, 0.1) is 0 Å². The summed E-state index contributed by atoms with van der Waals surface area (Å²) in [5.74, 6) is 2.97. The first-order chi connectivity index (χ1) is 12.2. The van der Waals surface area contributed by atoms with Crippen LogP contribution in [0.1, 0.15) is 71.6 Å². The predicted molar refractivity (Wildman–Crippen MR) is 107 cm³/mol. The Morgan fingerprint density at radius 1 is 1.04 bits per heavy atom. The van der Waals surface area contributed by atoms with Gasteiger partial charge in [0.1, 0.15) is 0 Å². The topological polar surface area (TPSA) is 12.0 Å². The fourth-order valence-electron chi connectivity index (χ4n) is 5.30. The molecule has 3 atom stereocenters. The van der Waals surface area contributed by atoms with E-state index in [9.17, 15) is 0 Å². The van der Waals surface area contributed by atoms with E-state index in [0.29, 0.717) is 5.92 Å². The van der Waals surface area contributed by atoms with Crippen molar-refractivity contribution in [2.24, 2.45) is 23.7 Å². The third-order valence-electron chi connectivity index (χ3n) is 7.03. The van der Waals surface area contributed by atoms with Crippen molar-refractivity contribution in [3.8, 4) is 0 Å². The van der Waals surface area contributed by atoms with Gasteiger partial charge in [-0.2, -0.15) is 0 Å². The van der Waals surface area contributed by atoms with Crippen LogP contribution in [0.15, 0.2) is 46.7 Å². The molecule has 25 heavy (non-hydrogen) atoms. The van der Waals surface area contributed by atoms with Crippen LogP contribution in [0.2, 0.25) is 0 Å². The lowest BCUT2D eigenvalue weighted by molar-refractivity contribution is 0.323. The first-order valence-corrected chi connectivity index (χ1v) is 10.7. The van der Waals surface area contributed by atoms with Crippen LogP contribution in [0, 0.1) is 23.7 Å². The molecule has 0 bridgehead atoms. The molecule has 1 nitrogen and oxygen atoms in total. The third kappa shape index (κ3) is 3.66. The minimum Gasteiger partial charge on any atom is -0.388 e. The molecule has 1 fully saturated rings. The quantitative estimate of drug-likeness (QED) is 0.595. The second kappa shape index (κ2) is 7.56.